The van der Waals surface area contributed by atoms with Crippen molar-refractivity contribution in [2.45, 2.75) is 0 Å². The highest BCUT2D eigenvalue weighted by Gasteiger charge is 2.58. The van der Waals surface area contributed by atoms with Gasteiger partial charge >= 0.3 is 0 Å². The van der Waals surface area contributed by atoms with Gasteiger partial charge < -0.3 is 18.6 Å². The van der Waals surface area contributed by atoms with Crippen molar-refractivity contribution < 1.29 is 9.47 Å². The van der Waals surface area contributed by atoms with E-state index in [-0.39, 0.29) is 13.4 Å². The molecule has 1 spiro atoms. The Kier molecular flexibility index (Phi) is 6.97. The highest BCUT2D eigenvalue weighted by Crippen LogP contribution is 2.38. The van der Waals surface area contributed by atoms with Gasteiger partial charge in [0.05, 0.1) is 22.1 Å². The molecule has 308 valence electrons. The third kappa shape index (κ3) is 4.50. The van der Waals surface area contributed by atoms with Crippen LogP contribution in [0.3, 0.4) is 0 Å². The summed E-state index contributed by atoms with van der Waals surface area (Å²) in [6.07, 6.45) is 0. The van der Waals surface area contributed by atoms with Crippen molar-refractivity contribution in [3.8, 4) is 34.4 Å². The molecule has 4 aliphatic rings. The van der Waals surface area contributed by atoms with Crippen LogP contribution >= 0.6 is 0 Å². The first-order valence-electron chi connectivity index (χ1n) is 23.3. The molecule has 4 aliphatic heterocycles. The van der Waals surface area contributed by atoms with Crippen molar-refractivity contribution in [3.63, 3.8) is 0 Å². The van der Waals surface area contributed by atoms with E-state index in [4.69, 9.17) is 9.47 Å². The highest BCUT2D eigenvalue weighted by molar-refractivity contribution is 7.31. The van der Waals surface area contributed by atoms with E-state index in [0.29, 0.717) is 0 Å². The second kappa shape index (κ2) is 13.0. The summed E-state index contributed by atoms with van der Waals surface area (Å²) in [6, 6.07) is 81.1. The normalized spacial score (nSPS) is 15.7. The van der Waals surface area contributed by atoms with E-state index in [1.807, 2.05) is 0 Å². The predicted octanol–water partition coefficient (Wildman–Crippen LogP) is 7.13. The lowest BCUT2D eigenvalue weighted by Gasteiger charge is -2.49. The first-order valence-corrected chi connectivity index (χ1v) is 25.3. The maximum atomic E-state index is 7.27. The van der Waals surface area contributed by atoms with Crippen molar-refractivity contribution >= 4 is 119 Å². The van der Waals surface area contributed by atoms with E-state index < -0.39 is 8.07 Å². The molecule has 0 saturated carbocycles. The van der Waals surface area contributed by atoms with E-state index in [1.54, 1.807) is 0 Å². The van der Waals surface area contributed by atoms with Crippen LogP contribution in [0.1, 0.15) is 0 Å². The summed E-state index contributed by atoms with van der Waals surface area (Å²) in [5.74, 6) is 3.76. The lowest BCUT2D eigenvalue weighted by molar-refractivity contribution is 0.487. The van der Waals surface area contributed by atoms with Crippen LogP contribution in [-0.4, -0.2) is 30.6 Å². The second-order valence-corrected chi connectivity index (χ2v) is 22.3. The van der Waals surface area contributed by atoms with Crippen molar-refractivity contribution in [3.05, 3.63) is 218 Å². The minimum atomic E-state index is -2.94. The number of nitrogens with zero attached hydrogens (tertiary/aromatic N) is 2. The molecule has 10 aromatic carbocycles. The first-order chi connectivity index (χ1) is 33.3. The summed E-state index contributed by atoms with van der Waals surface area (Å²) < 4.78 is 18.9. The minimum Gasteiger partial charge on any atom is -0.458 e. The van der Waals surface area contributed by atoms with E-state index in [1.165, 1.54) is 91.6 Å². The Balaban J connectivity index is 0.892. The fourth-order valence-corrected chi connectivity index (χ4v) is 18.9. The predicted molar refractivity (Wildman–Crippen MR) is 281 cm³/mol. The first kappa shape index (κ1) is 36.0. The number of aromatic nitrogens is 2. The number of rotatable bonds is 2. The van der Waals surface area contributed by atoms with Gasteiger partial charge in [0.2, 0.25) is 0 Å². The van der Waals surface area contributed by atoms with Crippen molar-refractivity contribution in [2.75, 3.05) is 0 Å². The summed E-state index contributed by atoms with van der Waals surface area (Å²) in [5.41, 5.74) is 14.8. The van der Waals surface area contributed by atoms with Crippen LogP contribution in [0.4, 0.5) is 0 Å². The Hall–Kier alpha value is -8.25. The SMILES string of the molecule is c1ccc2c(c1)Oc1cccc3c1B2c1ccccc1[Si]31c2ccccc2B2c3ccc(-n4c5ccccc5c5cc(-n6c7ccccc7c7ccccc76)ccc54)cc3Oc3cccc1c32. The smallest absolute Gasteiger partial charge is 0.250 e. The van der Waals surface area contributed by atoms with Gasteiger partial charge in [0.25, 0.3) is 13.4 Å². The molecule has 7 heteroatoms. The molecule has 0 bridgehead atoms. The molecule has 0 amide bonds. The summed E-state index contributed by atoms with van der Waals surface area (Å²) in [7, 11) is -2.94. The quantitative estimate of drug-likeness (QED) is 0.173. The summed E-state index contributed by atoms with van der Waals surface area (Å²) in [5, 5.41) is 10.7. The van der Waals surface area contributed by atoms with Crippen LogP contribution in [-0.2, 0) is 0 Å². The van der Waals surface area contributed by atoms with Gasteiger partial charge in [-0.15, -0.1) is 0 Å². The Morgan fingerprint density at radius 2 is 0.716 bits per heavy atom. The minimum absolute atomic E-state index is 0.00616. The van der Waals surface area contributed by atoms with Crippen LogP contribution in [0.2, 0.25) is 0 Å². The number of ether oxygens (including phenoxy) is 2. The maximum absolute atomic E-state index is 7.27. The topological polar surface area (TPSA) is 28.3 Å². The number of hydrogen-bond acceptors (Lipinski definition) is 2. The molecular formula is C60H36B2N2O2Si. The van der Waals surface area contributed by atoms with Crippen LogP contribution < -0.4 is 63.0 Å². The Morgan fingerprint density at radius 1 is 0.299 bits per heavy atom. The zero-order valence-corrected chi connectivity index (χ0v) is 37.2. The molecule has 1 atom stereocenters. The molecule has 1 unspecified atom stereocenters. The van der Waals surface area contributed by atoms with Crippen molar-refractivity contribution in [1.82, 2.24) is 9.13 Å². The Bertz CT molecular complexity index is 4120. The number of benzene rings is 10. The van der Waals surface area contributed by atoms with E-state index in [9.17, 15) is 0 Å². The standard InChI is InChI=1S/C60H36B2N2O2Si/c1-7-21-47-39(15-1)40-16-2-8-22-48(40)63(47)37-32-34-50-42(35-37)41-17-3-9-23-49(41)64(50)38-31-33-44-54(36-38)66-53-26-14-30-58-60(53)62(44)46-20-6-12-28-56(46)67(58)55-27-11-5-19-45(55)61-43-18-4-10-24-51(43)65-52-25-13-29-57(67)59(52)61/h1-36H. The molecule has 16 rings (SSSR count). The van der Waals surface area contributed by atoms with Gasteiger partial charge in [-0.1, -0.05) is 163 Å². The largest absolute Gasteiger partial charge is 0.458 e. The molecular weight excluding hydrogens is 830 g/mol. The second-order valence-electron chi connectivity index (χ2n) is 18.6. The number of para-hydroxylation sites is 4. The van der Waals surface area contributed by atoms with Gasteiger partial charge in [-0.2, -0.15) is 0 Å². The van der Waals surface area contributed by atoms with E-state index in [2.05, 4.69) is 228 Å². The van der Waals surface area contributed by atoms with Crippen molar-refractivity contribution in [2.24, 2.45) is 0 Å². The molecule has 0 N–H and O–H groups in total. The lowest BCUT2D eigenvalue weighted by Crippen LogP contribution is -2.93. The molecule has 0 saturated heterocycles. The van der Waals surface area contributed by atoms with Gasteiger partial charge in [0.15, 0.2) is 8.07 Å². The van der Waals surface area contributed by atoms with Crippen molar-refractivity contribution in [1.29, 1.82) is 0 Å². The maximum Gasteiger partial charge on any atom is 0.250 e. The van der Waals surface area contributed by atoms with Gasteiger partial charge in [-0.25, -0.2) is 0 Å². The third-order valence-corrected chi connectivity index (χ3v) is 20.6. The van der Waals surface area contributed by atoms with Crippen LogP contribution in [0.15, 0.2) is 218 Å². The highest BCUT2D eigenvalue weighted by atomic mass is 28.3. The van der Waals surface area contributed by atoms with Gasteiger partial charge in [-0.05, 0) is 103 Å². The fourth-order valence-electron chi connectivity index (χ4n) is 13.1. The molecule has 0 aliphatic carbocycles. The molecule has 67 heavy (non-hydrogen) atoms. The van der Waals surface area contributed by atoms with E-state index in [0.717, 1.165) is 39.9 Å². The summed E-state index contributed by atoms with van der Waals surface area (Å²) in [6.45, 7) is 0.0954. The van der Waals surface area contributed by atoms with Gasteiger partial charge in [0, 0.05) is 39.0 Å². The summed E-state index contributed by atoms with van der Waals surface area (Å²) in [4.78, 5) is 0. The molecule has 2 aromatic heterocycles. The van der Waals surface area contributed by atoms with E-state index >= 15 is 0 Å². The zero-order valence-electron chi connectivity index (χ0n) is 36.2. The van der Waals surface area contributed by atoms with Crippen LogP contribution in [0, 0.1) is 0 Å². The van der Waals surface area contributed by atoms with Crippen LogP contribution in [0.25, 0.3) is 55.0 Å². The number of hydrogen-bond donors (Lipinski definition) is 0. The molecule has 0 radical (unpaired) electrons. The average molecular weight is 867 g/mol. The summed E-state index contributed by atoms with van der Waals surface area (Å²) >= 11 is 0. The molecule has 6 heterocycles. The van der Waals surface area contributed by atoms with Crippen LogP contribution in [0.5, 0.6) is 23.0 Å². The zero-order chi connectivity index (χ0) is 43.5. The Morgan fingerprint density at radius 3 is 1.33 bits per heavy atom. The fraction of sp³-hybridized carbons (Fsp3) is 0. The molecule has 4 nitrogen and oxygen atoms in total. The average Bonchev–Trinajstić information content (AvgIpc) is 3.90. The third-order valence-electron chi connectivity index (χ3n) is 15.6. The number of fused-ring (bicyclic) bond motifs is 18. The molecule has 0 fully saturated rings. The van der Waals surface area contributed by atoms with Gasteiger partial charge in [-0.3, -0.25) is 0 Å². The lowest BCUT2D eigenvalue weighted by atomic mass is 9.35. The monoisotopic (exact) mass is 866 g/mol. The van der Waals surface area contributed by atoms with Gasteiger partial charge in [0.1, 0.15) is 23.0 Å². The molecule has 12 aromatic rings. The Labute approximate surface area is 388 Å².